The quantitative estimate of drug-likeness (QED) is 0.426. The first-order valence-electron chi connectivity index (χ1n) is 5.74. The molecule has 1 fully saturated rings. The number of nitrogens with two attached hydrogens (primary N) is 2. The lowest BCUT2D eigenvalue weighted by molar-refractivity contribution is 0.322. The number of anilines is 3. The lowest BCUT2D eigenvalue weighted by Gasteiger charge is -2.20. The van der Waals surface area contributed by atoms with E-state index in [4.69, 9.17) is 11.6 Å². The van der Waals surface area contributed by atoms with Crippen LogP contribution in [0.5, 0.6) is 0 Å². The molecule has 94 valence electrons. The normalized spacial score (nSPS) is 20.5. The minimum absolute atomic E-state index is 0.211. The van der Waals surface area contributed by atoms with Gasteiger partial charge in [-0.1, -0.05) is 0 Å². The van der Waals surface area contributed by atoms with Crippen LogP contribution in [0.15, 0.2) is 6.07 Å². The number of nitrogens with one attached hydrogen (secondary N) is 2. The van der Waals surface area contributed by atoms with Gasteiger partial charge in [0, 0.05) is 18.7 Å². The Morgan fingerprint density at radius 2 is 2.24 bits per heavy atom. The number of nitrogen functional groups attached to an aromatic ring is 2. The van der Waals surface area contributed by atoms with E-state index in [2.05, 4.69) is 32.7 Å². The van der Waals surface area contributed by atoms with Gasteiger partial charge in [0.2, 0.25) is 5.95 Å². The highest BCUT2D eigenvalue weighted by Crippen LogP contribution is 2.16. The number of hydrogen-bond donors (Lipinski definition) is 4. The maximum atomic E-state index is 5.58. The third-order valence-electron chi connectivity index (χ3n) is 3.08. The zero-order valence-corrected chi connectivity index (χ0v) is 9.98. The topological polar surface area (TPSA) is 105 Å². The molecule has 6 N–H and O–H groups in total. The molecule has 1 atom stereocenters. The van der Waals surface area contributed by atoms with Crippen LogP contribution >= 0.6 is 0 Å². The Hall–Kier alpha value is -1.60. The van der Waals surface area contributed by atoms with E-state index >= 15 is 0 Å². The van der Waals surface area contributed by atoms with E-state index in [0.29, 0.717) is 17.7 Å². The second kappa shape index (κ2) is 5.15. The van der Waals surface area contributed by atoms with E-state index < -0.39 is 0 Å². The molecule has 0 radical (unpaired) electrons. The summed E-state index contributed by atoms with van der Waals surface area (Å²) in [6.45, 7) is 2.02. The van der Waals surface area contributed by atoms with Gasteiger partial charge in [-0.2, -0.15) is 9.97 Å². The number of hydrogen-bond acceptors (Lipinski definition) is 7. The first kappa shape index (κ1) is 11.9. The molecule has 7 nitrogen and oxygen atoms in total. The molecule has 0 saturated carbocycles. The zero-order chi connectivity index (χ0) is 12.3. The van der Waals surface area contributed by atoms with Gasteiger partial charge >= 0.3 is 0 Å². The third-order valence-corrected chi connectivity index (χ3v) is 3.08. The van der Waals surface area contributed by atoms with Crippen molar-refractivity contribution in [2.75, 3.05) is 36.6 Å². The predicted octanol–water partition coefficient (Wildman–Crippen LogP) is -0.149. The fourth-order valence-corrected chi connectivity index (χ4v) is 2.09. The van der Waals surface area contributed by atoms with Gasteiger partial charge in [0.05, 0.1) is 0 Å². The van der Waals surface area contributed by atoms with E-state index in [-0.39, 0.29) is 5.95 Å². The molecule has 1 aromatic rings. The third kappa shape index (κ3) is 2.95. The lowest BCUT2D eigenvalue weighted by atomic mass is 10.2. The van der Waals surface area contributed by atoms with Crippen molar-refractivity contribution >= 4 is 17.6 Å². The van der Waals surface area contributed by atoms with E-state index in [1.807, 2.05) is 0 Å². The van der Waals surface area contributed by atoms with Gasteiger partial charge in [-0.15, -0.1) is 0 Å². The highest BCUT2D eigenvalue weighted by molar-refractivity contribution is 5.50. The summed E-state index contributed by atoms with van der Waals surface area (Å²) < 4.78 is 0. The maximum Gasteiger partial charge on any atom is 0.223 e. The van der Waals surface area contributed by atoms with Crippen molar-refractivity contribution in [1.82, 2.24) is 14.9 Å². The van der Waals surface area contributed by atoms with E-state index in [1.54, 1.807) is 6.07 Å². The van der Waals surface area contributed by atoms with Crippen molar-refractivity contribution in [3.05, 3.63) is 6.07 Å². The monoisotopic (exact) mass is 237 g/mol. The van der Waals surface area contributed by atoms with E-state index in [1.165, 1.54) is 12.8 Å². The highest BCUT2D eigenvalue weighted by atomic mass is 15.3. The highest BCUT2D eigenvalue weighted by Gasteiger charge is 2.20. The van der Waals surface area contributed by atoms with Crippen LogP contribution in [-0.2, 0) is 0 Å². The summed E-state index contributed by atoms with van der Waals surface area (Å²) in [4.78, 5) is 10.4. The van der Waals surface area contributed by atoms with Gasteiger partial charge in [0.25, 0.3) is 0 Å². The minimum Gasteiger partial charge on any atom is -0.368 e. The van der Waals surface area contributed by atoms with Crippen LogP contribution in [0.4, 0.5) is 17.6 Å². The number of nitrogens with zero attached hydrogens (tertiary/aromatic N) is 3. The molecule has 1 aliphatic rings. The van der Waals surface area contributed by atoms with Crippen LogP contribution in [0.25, 0.3) is 0 Å². The summed E-state index contributed by atoms with van der Waals surface area (Å²) in [5.41, 5.74) is 8.04. The molecule has 1 aliphatic heterocycles. The Balaban J connectivity index is 1.96. The van der Waals surface area contributed by atoms with Gasteiger partial charge < -0.3 is 21.4 Å². The summed E-state index contributed by atoms with van der Waals surface area (Å²) >= 11 is 0. The zero-order valence-electron chi connectivity index (χ0n) is 9.98. The van der Waals surface area contributed by atoms with Gasteiger partial charge in [-0.05, 0) is 26.4 Å². The van der Waals surface area contributed by atoms with Crippen molar-refractivity contribution in [2.45, 2.75) is 18.9 Å². The molecule has 2 heterocycles. The molecule has 1 aromatic heterocycles. The number of aromatic nitrogens is 2. The van der Waals surface area contributed by atoms with Crippen molar-refractivity contribution in [1.29, 1.82) is 0 Å². The molecular formula is C10H19N7. The molecule has 0 spiro atoms. The average Bonchev–Trinajstić information content (AvgIpc) is 2.71. The fraction of sp³-hybridized carbons (Fsp3) is 0.600. The molecule has 0 amide bonds. The van der Waals surface area contributed by atoms with Gasteiger partial charge in [0.15, 0.2) is 0 Å². The van der Waals surface area contributed by atoms with Gasteiger partial charge in [-0.3, -0.25) is 0 Å². The molecule has 7 heteroatoms. The number of likely N-dealkylation sites (N-methyl/N-ethyl adjacent to an activating group) is 1. The summed E-state index contributed by atoms with van der Waals surface area (Å²) in [5.74, 6) is 6.72. The second-order valence-electron chi connectivity index (χ2n) is 4.30. The SMILES string of the molecule is CN1CCCC1CNc1cc(NN)nc(N)n1. The predicted molar refractivity (Wildman–Crippen MR) is 68.4 cm³/mol. The first-order valence-corrected chi connectivity index (χ1v) is 5.74. The summed E-state index contributed by atoms with van der Waals surface area (Å²) in [7, 11) is 2.14. The summed E-state index contributed by atoms with van der Waals surface area (Å²) in [5, 5.41) is 3.26. The smallest absolute Gasteiger partial charge is 0.223 e. The Kier molecular flexibility index (Phi) is 3.60. The van der Waals surface area contributed by atoms with Crippen molar-refractivity contribution in [3.8, 4) is 0 Å². The van der Waals surface area contributed by atoms with Crippen LogP contribution < -0.4 is 22.3 Å². The van der Waals surface area contributed by atoms with E-state index in [9.17, 15) is 0 Å². The molecule has 17 heavy (non-hydrogen) atoms. The molecule has 0 aromatic carbocycles. The molecule has 0 aliphatic carbocycles. The Morgan fingerprint density at radius 3 is 2.88 bits per heavy atom. The maximum absolute atomic E-state index is 5.58. The summed E-state index contributed by atoms with van der Waals surface area (Å²) in [6.07, 6.45) is 2.47. The summed E-state index contributed by atoms with van der Waals surface area (Å²) in [6, 6.07) is 2.30. The molecule has 2 rings (SSSR count). The molecular weight excluding hydrogens is 218 g/mol. The number of hydrazine groups is 1. The molecule has 1 saturated heterocycles. The second-order valence-corrected chi connectivity index (χ2v) is 4.30. The van der Waals surface area contributed by atoms with Gasteiger partial charge in [0.1, 0.15) is 11.6 Å². The van der Waals surface area contributed by atoms with Gasteiger partial charge in [-0.25, -0.2) is 5.84 Å². The largest absolute Gasteiger partial charge is 0.368 e. The van der Waals surface area contributed by atoms with Crippen molar-refractivity contribution < 1.29 is 0 Å². The van der Waals surface area contributed by atoms with E-state index in [0.717, 1.165) is 13.1 Å². The Labute approximate surface area is 101 Å². The van der Waals surface area contributed by atoms with Crippen LogP contribution in [0.1, 0.15) is 12.8 Å². The number of rotatable bonds is 4. The fourth-order valence-electron chi connectivity index (χ4n) is 2.09. The van der Waals surface area contributed by atoms with Crippen LogP contribution in [0.3, 0.4) is 0 Å². The first-order chi connectivity index (χ1) is 8.19. The molecule has 1 unspecified atom stereocenters. The minimum atomic E-state index is 0.211. The van der Waals surface area contributed by atoms with Crippen molar-refractivity contribution in [2.24, 2.45) is 5.84 Å². The standard InChI is InChI=1S/C10H19N7/c1-17-4-2-3-7(17)6-13-8-5-9(16-12)15-10(11)14-8/h5,7H,2-4,6,12H2,1H3,(H4,11,13,14,15,16). The average molecular weight is 237 g/mol. The molecule has 0 bridgehead atoms. The van der Waals surface area contributed by atoms with Crippen LogP contribution in [-0.4, -0.2) is 41.0 Å². The Morgan fingerprint density at radius 1 is 1.47 bits per heavy atom. The van der Waals surface area contributed by atoms with Crippen molar-refractivity contribution in [3.63, 3.8) is 0 Å². The number of likely N-dealkylation sites (tertiary alicyclic amines) is 1. The van der Waals surface area contributed by atoms with Crippen LogP contribution in [0.2, 0.25) is 0 Å². The van der Waals surface area contributed by atoms with Crippen LogP contribution in [0, 0.1) is 0 Å². The Bertz CT molecular complexity index is 381. The lowest BCUT2D eigenvalue weighted by Crippen LogP contribution is -2.31.